The largest absolute Gasteiger partial charge is 0.491 e. The second-order valence-electron chi connectivity index (χ2n) is 9.56. The lowest BCUT2D eigenvalue weighted by Crippen LogP contribution is -2.55. The van der Waals surface area contributed by atoms with Gasteiger partial charge in [-0.05, 0) is 25.1 Å². The number of fused-ring (bicyclic) bond motifs is 1. The summed E-state index contributed by atoms with van der Waals surface area (Å²) in [4.78, 5) is 14.3. The SMILES string of the molecule is C[C@H]1CN(C[C@H]2CC(c3ccccc3C(F)(F)F)=NO2)CCN1C[C@@H](O)COc1ccc2scnc2c1. The summed E-state index contributed by atoms with van der Waals surface area (Å²) in [7, 11) is 0. The second-order valence-corrected chi connectivity index (χ2v) is 10.4. The van der Waals surface area contributed by atoms with Crippen LogP contribution in [0, 0.1) is 0 Å². The topological polar surface area (TPSA) is 70.4 Å². The van der Waals surface area contributed by atoms with Crippen molar-refractivity contribution in [3.8, 4) is 5.75 Å². The van der Waals surface area contributed by atoms with E-state index < -0.39 is 17.8 Å². The normalized spacial score (nSPS) is 22.1. The fourth-order valence-electron chi connectivity index (χ4n) is 4.91. The van der Waals surface area contributed by atoms with Gasteiger partial charge in [-0.3, -0.25) is 9.80 Å². The third kappa shape index (κ3) is 6.23. The van der Waals surface area contributed by atoms with E-state index in [4.69, 9.17) is 9.57 Å². The van der Waals surface area contributed by atoms with Gasteiger partial charge in [-0.25, -0.2) is 4.98 Å². The molecule has 1 saturated heterocycles. The summed E-state index contributed by atoms with van der Waals surface area (Å²) < 4.78 is 47.0. The van der Waals surface area contributed by atoms with Crippen LogP contribution < -0.4 is 4.74 Å². The number of piperazine rings is 1. The molecule has 3 aromatic rings. The number of alkyl halides is 3. The van der Waals surface area contributed by atoms with Crippen molar-refractivity contribution < 1.29 is 27.9 Å². The molecule has 1 fully saturated rings. The minimum atomic E-state index is -4.44. The first-order valence-corrected chi connectivity index (χ1v) is 13.1. The molecule has 0 spiro atoms. The van der Waals surface area contributed by atoms with E-state index in [0.29, 0.717) is 31.0 Å². The number of benzene rings is 2. The molecule has 3 heterocycles. The maximum Gasteiger partial charge on any atom is 0.417 e. The number of oxime groups is 1. The summed E-state index contributed by atoms with van der Waals surface area (Å²) in [6, 6.07) is 11.4. The van der Waals surface area contributed by atoms with Gasteiger partial charge in [-0.15, -0.1) is 11.3 Å². The standard InChI is InChI=1S/C26H29F3N4O3S/c1-17-12-32(14-20-11-23(31-36-20)21-4-2-3-5-22(21)26(27,28)29)8-9-33(17)13-18(34)15-35-19-6-7-25-24(10-19)30-16-37-25/h2-7,10,16-18,20,34H,8-9,11-15H2,1H3/t17-,18+,20+/m0/s1. The Morgan fingerprint density at radius 2 is 2.05 bits per heavy atom. The molecule has 2 aliphatic rings. The lowest BCUT2D eigenvalue weighted by atomic mass is 9.99. The molecule has 0 bridgehead atoms. The number of halogens is 3. The first-order chi connectivity index (χ1) is 17.8. The first-order valence-electron chi connectivity index (χ1n) is 12.3. The van der Waals surface area contributed by atoms with Crippen LogP contribution in [0.5, 0.6) is 5.75 Å². The predicted molar refractivity (Wildman–Crippen MR) is 136 cm³/mol. The van der Waals surface area contributed by atoms with Crippen LogP contribution in [0.15, 0.2) is 53.1 Å². The maximum absolute atomic E-state index is 13.4. The Morgan fingerprint density at radius 3 is 2.86 bits per heavy atom. The number of rotatable bonds is 8. The van der Waals surface area contributed by atoms with Crippen LogP contribution in [0.3, 0.4) is 0 Å². The highest BCUT2D eigenvalue weighted by Crippen LogP contribution is 2.34. The van der Waals surface area contributed by atoms with Crippen molar-refractivity contribution in [1.29, 1.82) is 0 Å². The van der Waals surface area contributed by atoms with E-state index in [0.717, 1.165) is 35.9 Å². The van der Waals surface area contributed by atoms with Crippen molar-refractivity contribution in [1.82, 2.24) is 14.8 Å². The van der Waals surface area contributed by atoms with Gasteiger partial charge in [-0.2, -0.15) is 13.2 Å². The van der Waals surface area contributed by atoms with E-state index in [1.807, 2.05) is 18.2 Å². The molecular formula is C26H29F3N4O3S. The van der Waals surface area contributed by atoms with Crippen LogP contribution >= 0.6 is 11.3 Å². The monoisotopic (exact) mass is 534 g/mol. The number of hydrogen-bond donors (Lipinski definition) is 1. The zero-order valence-electron chi connectivity index (χ0n) is 20.4. The highest BCUT2D eigenvalue weighted by atomic mass is 32.1. The van der Waals surface area contributed by atoms with Crippen LogP contribution in [0.25, 0.3) is 10.2 Å². The Kier molecular flexibility index (Phi) is 7.66. The third-order valence-electron chi connectivity index (χ3n) is 6.78. The quantitative estimate of drug-likeness (QED) is 0.466. The van der Waals surface area contributed by atoms with Gasteiger partial charge in [0.25, 0.3) is 0 Å². The van der Waals surface area contributed by atoms with Gasteiger partial charge in [0.1, 0.15) is 24.6 Å². The second kappa shape index (κ2) is 10.9. The van der Waals surface area contributed by atoms with Crippen molar-refractivity contribution >= 4 is 27.3 Å². The average molecular weight is 535 g/mol. The predicted octanol–water partition coefficient (Wildman–Crippen LogP) is 4.25. The van der Waals surface area contributed by atoms with Crippen molar-refractivity contribution in [2.75, 3.05) is 39.3 Å². The van der Waals surface area contributed by atoms with E-state index in [1.165, 1.54) is 12.1 Å². The summed E-state index contributed by atoms with van der Waals surface area (Å²) in [6.07, 6.45) is -5.02. The summed E-state index contributed by atoms with van der Waals surface area (Å²) >= 11 is 1.57. The lowest BCUT2D eigenvalue weighted by molar-refractivity contribution is -0.137. The molecule has 5 rings (SSSR count). The van der Waals surface area contributed by atoms with E-state index in [-0.39, 0.29) is 24.3 Å². The lowest BCUT2D eigenvalue weighted by Gasteiger charge is -2.41. The van der Waals surface area contributed by atoms with Crippen molar-refractivity contribution in [3.63, 3.8) is 0 Å². The summed E-state index contributed by atoms with van der Waals surface area (Å²) in [5, 5.41) is 14.5. The van der Waals surface area contributed by atoms with Gasteiger partial charge >= 0.3 is 6.18 Å². The molecule has 7 nitrogen and oxygen atoms in total. The number of ether oxygens (including phenoxy) is 1. The first kappa shape index (κ1) is 25.9. The van der Waals surface area contributed by atoms with Crippen LogP contribution in [-0.4, -0.2) is 83.2 Å². The molecule has 2 aliphatic heterocycles. The fraction of sp³-hybridized carbons (Fsp3) is 0.462. The molecule has 37 heavy (non-hydrogen) atoms. The third-order valence-corrected chi connectivity index (χ3v) is 7.59. The molecule has 0 unspecified atom stereocenters. The number of nitrogens with zero attached hydrogens (tertiary/aromatic N) is 4. The van der Waals surface area contributed by atoms with Gasteiger partial charge in [0.2, 0.25) is 0 Å². The van der Waals surface area contributed by atoms with Gasteiger partial charge in [0.05, 0.1) is 27.0 Å². The summed E-state index contributed by atoms with van der Waals surface area (Å²) in [6.45, 7) is 5.68. The maximum atomic E-state index is 13.4. The van der Waals surface area contributed by atoms with Crippen LogP contribution in [0.1, 0.15) is 24.5 Å². The number of aromatic nitrogens is 1. The molecule has 1 aromatic heterocycles. The van der Waals surface area contributed by atoms with E-state index in [2.05, 4.69) is 26.9 Å². The molecule has 0 saturated carbocycles. The number of thiazole rings is 1. The molecule has 11 heteroatoms. The van der Waals surface area contributed by atoms with E-state index in [9.17, 15) is 18.3 Å². The number of β-amino-alcohol motifs (C(OH)–C–C–N with tert-alkyl or cyclic N) is 1. The molecule has 2 aromatic carbocycles. The number of aliphatic hydroxyl groups excluding tert-OH is 1. The molecular weight excluding hydrogens is 505 g/mol. The fourth-order valence-corrected chi connectivity index (χ4v) is 5.57. The van der Waals surface area contributed by atoms with Crippen molar-refractivity contribution in [2.24, 2.45) is 5.16 Å². The van der Waals surface area contributed by atoms with Gasteiger partial charge < -0.3 is 14.7 Å². The zero-order valence-corrected chi connectivity index (χ0v) is 21.2. The molecule has 3 atom stereocenters. The van der Waals surface area contributed by atoms with Gasteiger partial charge in [0, 0.05) is 56.8 Å². The van der Waals surface area contributed by atoms with Crippen LogP contribution in [0.4, 0.5) is 13.2 Å². The molecule has 0 radical (unpaired) electrons. The van der Waals surface area contributed by atoms with Crippen molar-refractivity contribution in [3.05, 3.63) is 59.1 Å². The average Bonchev–Trinajstić information content (AvgIpc) is 3.53. The molecule has 198 valence electrons. The van der Waals surface area contributed by atoms with E-state index in [1.54, 1.807) is 22.9 Å². The number of hydrogen-bond acceptors (Lipinski definition) is 8. The van der Waals surface area contributed by atoms with Crippen LogP contribution in [-0.2, 0) is 11.0 Å². The Balaban J connectivity index is 1.07. The van der Waals surface area contributed by atoms with Crippen molar-refractivity contribution in [2.45, 2.75) is 37.8 Å². The number of aliphatic hydroxyl groups is 1. The summed E-state index contributed by atoms with van der Waals surface area (Å²) in [5.74, 6) is 0.686. The van der Waals surface area contributed by atoms with Gasteiger partial charge in [0.15, 0.2) is 0 Å². The molecule has 1 N–H and O–H groups in total. The van der Waals surface area contributed by atoms with Gasteiger partial charge in [-0.1, -0.05) is 23.4 Å². The van der Waals surface area contributed by atoms with E-state index >= 15 is 0 Å². The molecule has 0 amide bonds. The minimum Gasteiger partial charge on any atom is -0.491 e. The Hall–Kier alpha value is -2.73. The highest BCUT2D eigenvalue weighted by Gasteiger charge is 2.36. The Morgan fingerprint density at radius 1 is 1.22 bits per heavy atom. The smallest absolute Gasteiger partial charge is 0.417 e. The highest BCUT2D eigenvalue weighted by molar-refractivity contribution is 7.16. The van der Waals surface area contributed by atoms with Crippen LogP contribution in [0.2, 0.25) is 0 Å². The summed E-state index contributed by atoms with van der Waals surface area (Å²) in [5.41, 5.74) is 2.41. The minimum absolute atomic E-state index is 0.0819. The Labute approximate surface area is 217 Å². The zero-order chi connectivity index (χ0) is 26.0. The Bertz CT molecular complexity index is 1250. The molecule has 0 aliphatic carbocycles.